The van der Waals surface area contributed by atoms with E-state index in [1.807, 2.05) is 68.4 Å². The Hall–Kier alpha value is -2.66. The molecule has 1 aliphatic heterocycles. The fourth-order valence-electron chi connectivity index (χ4n) is 3.71. The van der Waals surface area contributed by atoms with Gasteiger partial charge in [-0.15, -0.1) is 0 Å². The molecule has 0 saturated heterocycles. The molecule has 0 saturated carbocycles. The second-order valence-corrected chi connectivity index (χ2v) is 7.81. The Morgan fingerprint density at radius 1 is 1.11 bits per heavy atom. The molecule has 5 nitrogen and oxygen atoms in total. The third-order valence-corrected chi connectivity index (χ3v) is 5.11. The number of aliphatic hydroxyl groups is 1. The van der Waals surface area contributed by atoms with Crippen molar-refractivity contribution in [3.8, 4) is 0 Å². The fourth-order valence-corrected chi connectivity index (χ4v) is 3.71. The molecule has 0 aliphatic carbocycles. The number of hydrogen-bond acceptors (Lipinski definition) is 3. The first kappa shape index (κ1) is 20.1. The molecule has 1 heterocycles. The molecule has 2 unspecified atom stereocenters. The van der Waals surface area contributed by atoms with Crippen LogP contribution in [0.1, 0.15) is 41.8 Å². The van der Waals surface area contributed by atoms with Crippen LogP contribution in [-0.4, -0.2) is 40.5 Å². The smallest absolute Gasteiger partial charge is 0.255 e. The molecule has 0 radical (unpaired) electrons. The van der Waals surface area contributed by atoms with Crippen molar-refractivity contribution in [1.29, 1.82) is 0 Å². The van der Waals surface area contributed by atoms with E-state index in [1.165, 1.54) is 0 Å². The van der Waals surface area contributed by atoms with Gasteiger partial charge in [-0.2, -0.15) is 0 Å². The topological polar surface area (TPSA) is 69.6 Å². The van der Waals surface area contributed by atoms with Crippen LogP contribution in [-0.2, 0) is 17.8 Å². The van der Waals surface area contributed by atoms with Crippen molar-refractivity contribution in [2.45, 2.75) is 45.3 Å². The first-order valence-corrected chi connectivity index (χ1v) is 9.83. The van der Waals surface area contributed by atoms with Gasteiger partial charge in [-0.05, 0) is 36.0 Å². The quantitative estimate of drug-likeness (QED) is 0.740. The number of fused-ring (bicyclic) bond motifs is 1. The standard InChI is InChI=1S/C23H28N2O3/c1-16(2)12-21(25-14-18-10-6-7-11-20(18)23(25)28)22(27)24-19(15-26)13-17-8-4-3-5-9-17/h3-11,16,19,21,26H,12-15H2,1-2H3,(H,24,27). The summed E-state index contributed by atoms with van der Waals surface area (Å²) in [6.45, 7) is 4.38. The van der Waals surface area contributed by atoms with Gasteiger partial charge in [0.05, 0.1) is 12.6 Å². The van der Waals surface area contributed by atoms with Crippen molar-refractivity contribution in [1.82, 2.24) is 10.2 Å². The van der Waals surface area contributed by atoms with Crippen LogP contribution < -0.4 is 5.32 Å². The van der Waals surface area contributed by atoms with Gasteiger partial charge in [-0.25, -0.2) is 0 Å². The molecule has 0 aromatic heterocycles. The van der Waals surface area contributed by atoms with E-state index >= 15 is 0 Å². The molecule has 0 bridgehead atoms. The Bertz CT molecular complexity index is 820. The SMILES string of the molecule is CC(C)CC(C(=O)NC(CO)Cc1ccccc1)N1Cc2ccccc2C1=O. The summed E-state index contributed by atoms with van der Waals surface area (Å²) >= 11 is 0. The highest BCUT2D eigenvalue weighted by Gasteiger charge is 2.36. The van der Waals surface area contributed by atoms with Gasteiger partial charge in [0.25, 0.3) is 5.91 Å². The summed E-state index contributed by atoms with van der Waals surface area (Å²) in [5, 5.41) is 12.7. The third-order valence-electron chi connectivity index (χ3n) is 5.11. The summed E-state index contributed by atoms with van der Waals surface area (Å²) in [4.78, 5) is 27.6. The van der Waals surface area contributed by atoms with Gasteiger partial charge in [0.15, 0.2) is 0 Å². The largest absolute Gasteiger partial charge is 0.394 e. The Labute approximate surface area is 166 Å². The van der Waals surface area contributed by atoms with E-state index in [0.29, 0.717) is 24.9 Å². The lowest BCUT2D eigenvalue weighted by atomic mass is 10.0. The van der Waals surface area contributed by atoms with Crippen LogP contribution >= 0.6 is 0 Å². The molecular formula is C23H28N2O3. The molecule has 0 spiro atoms. The van der Waals surface area contributed by atoms with Crippen molar-refractivity contribution in [2.75, 3.05) is 6.61 Å². The first-order chi connectivity index (χ1) is 13.5. The maximum absolute atomic E-state index is 13.1. The van der Waals surface area contributed by atoms with Crippen molar-refractivity contribution >= 4 is 11.8 Å². The molecule has 2 aromatic rings. The lowest BCUT2D eigenvalue weighted by Gasteiger charge is -2.30. The second-order valence-electron chi connectivity index (χ2n) is 7.81. The zero-order valence-corrected chi connectivity index (χ0v) is 16.5. The number of carbonyl (C=O) groups is 2. The van der Waals surface area contributed by atoms with Crippen LogP contribution in [0.25, 0.3) is 0 Å². The number of hydrogen-bond donors (Lipinski definition) is 2. The van der Waals surface area contributed by atoms with Gasteiger partial charge in [-0.1, -0.05) is 62.4 Å². The summed E-state index contributed by atoms with van der Waals surface area (Å²) in [6.07, 6.45) is 1.13. The molecule has 148 valence electrons. The van der Waals surface area contributed by atoms with Crippen LogP contribution in [0.5, 0.6) is 0 Å². The zero-order chi connectivity index (χ0) is 20.1. The third kappa shape index (κ3) is 4.60. The van der Waals surface area contributed by atoms with Crippen LogP contribution in [0.4, 0.5) is 0 Å². The molecular weight excluding hydrogens is 352 g/mol. The van der Waals surface area contributed by atoms with Crippen molar-refractivity contribution < 1.29 is 14.7 Å². The van der Waals surface area contributed by atoms with E-state index in [4.69, 9.17) is 0 Å². The summed E-state index contributed by atoms with van der Waals surface area (Å²) in [7, 11) is 0. The van der Waals surface area contributed by atoms with Crippen LogP contribution in [0.2, 0.25) is 0 Å². The van der Waals surface area contributed by atoms with Gasteiger partial charge in [0.2, 0.25) is 5.91 Å². The molecule has 1 aliphatic rings. The maximum atomic E-state index is 13.1. The van der Waals surface area contributed by atoms with E-state index in [9.17, 15) is 14.7 Å². The summed E-state index contributed by atoms with van der Waals surface area (Å²) in [5.74, 6) is -0.0428. The fraction of sp³-hybridized carbons (Fsp3) is 0.391. The molecule has 2 aromatic carbocycles. The van der Waals surface area contributed by atoms with Gasteiger partial charge < -0.3 is 15.3 Å². The van der Waals surface area contributed by atoms with Gasteiger partial charge in [0.1, 0.15) is 6.04 Å². The lowest BCUT2D eigenvalue weighted by Crippen LogP contribution is -2.51. The van der Waals surface area contributed by atoms with Crippen LogP contribution in [0.3, 0.4) is 0 Å². The van der Waals surface area contributed by atoms with Crippen LogP contribution in [0, 0.1) is 5.92 Å². The molecule has 3 rings (SSSR count). The molecule has 2 amide bonds. The number of carbonyl (C=O) groups excluding carboxylic acids is 2. The van der Waals surface area contributed by atoms with Crippen LogP contribution in [0.15, 0.2) is 54.6 Å². The Morgan fingerprint density at radius 2 is 1.79 bits per heavy atom. The van der Waals surface area contributed by atoms with E-state index in [-0.39, 0.29) is 30.4 Å². The van der Waals surface area contributed by atoms with E-state index in [1.54, 1.807) is 4.90 Å². The highest BCUT2D eigenvalue weighted by molar-refractivity contribution is 6.01. The number of aliphatic hydroxyl groups excluding tert-OH is 1. The highest BCUT2D eigenvalue weighted by Crippen LogP contribution is 2.27. The molecule has 5 heteroatoms. The Morgan fingerprint density at radius 3 is 2.43 bits per heavy atom. The minimum absolute atomic E-state index is 0.0972. The number of nitrogens with one attached hydrogen (secondary N) is 1. The average molecular weight is 380 g/mol. The number of amides is 2. The average Bonchev–Trinajstić information content (AvgIpc) is 3.03. The molecule has 0 fully saturated rings. The monoisotopic (exact) mass is 380 g/mol. The van der Waals surface area contributed by atoms with E-state index in [2.05, 4.69) is 5.32 Å². The number of nitrogens with zero attached hydrogens (tertiary/aromatic N) is 1. The zero-order valence-electron chi connectivity index (χ0n) is 16.5. The van der Waals surface area contributed by atoms with Crippen molar-refractivity contribution in [3.63, 3.8) is 0 Å². The van der Waals surface area contributed by atoms with Crippen molar-refractivity contribution in [3.05, 3.63) is 71.3 Å². The second kappa shape index (κ2) is 9.02. The maximum Gasteiger partial charge on any atom is 0.255 e. The number of rotatable bonds is 8. The van der Waals surface area contributed by atoms with E-state index < -0.39 is 6.04 Å². The number of benzene rings is 2. The Balaban J connectivity index is 1.74. The highest BCUT2D eigenvalue weighted by atomic mass is 16.3. The minimum atomic E-state index is -0.551. The predicted molar refractivity (Wildman–Crippen MR) is 109 cm³/mol. The summed E-state index contributed by atoms with van der Waals surface area (Å²) < 4.78 is 0. The molecule has 2 N–H and O–H groups in total. The molecule has 2 atom stereocenters. The van der Waals surface area contributed by atoms with Gasteiger partial charge >= 0.3 is 0 Å². The summed E-state index contributed by atoms with van der Waals surface area (Å²) in [6, 6.07) is 16.3. The van der Waals surface area contributed by atoms with Gasteiger partial charge in [0, 0.05) is 12.1 Å². The predicted octanol–water partition coefficient (Wildman–Crippen LogP) is 2.78. The van der Waals surface area contributed by atoms with E-state index in [0.717, 1.165) is 11.1 Å². The molecule has 28 heavy (non-hydrogen) atoms. The summed E-state index contributed by atoms with van der Waals surface area (Å²) in [5.41, 5.74) is 2.68. The lowest BCUT2D eigenvalue weighted by molar-refractivity contribution is -0.127. The van der Waals surface area contributed by atoms with Gasteiger partial charge in [-0.3, -0.25) is 9.59 Å². The minimum Gasteiger partial charge on any atom is -0.394 e. The first-order valence-electron chi connectivity index (χ1n) is 9.83. The van der Waals surface area contributed by atoms with Crippen molar-refractivity contribution in [2.24, 2.45) is 5.92 Å². The Kier molecular flexibility index (Phi) is 6.47. The normalized spacial score (nSPS) is 15.4.